The largest absolute Gasteiger partial charge is 0.145 e. The molecule has 0 saturated heterocycles. The Morgan fingerprint density at radius 1 is 1.13 bits per heavy atom. The van der Waals surface area contributed by atoms with Gasteiger partial charge in [0.05, 0.1) is 0 Å². The van der Waals surface area contributed by atoms with Crippen molar-refractivity contribution >= 4 is 11.3 Å². The van der Waals surface area contributed by atoms with E-state index in [4.69, 9.17) is 0 Å². The Balaban J connectivity index is 2.11. The van der Waals surface area contributed by atoms with Crippen LogP contribution in [0.25, 0.3) is 0 Å². The van der Waals surface area contributed by atoms with Gasteiger partial charge in [-0.05, 0) is 56.6 Å². The molecule has 0 nitrogen and oxygen atoms in total. The molecule has 1 aromatic heterocycles. The molecule has 1 heteroatoms. The van der Waals surface area contributed by atoms with Gasteiger partial charge in [0.15, 0.2) is 0 Å². The summed E-state index contributed by atoms with van der Waals surface area (Å²) in [4.78, 5) is 3.32. The molecule has 15 heavy (non-hydrogen) atoms. The second kappa shape index (κ2) is 5.16. The molecule has 1 aliphatic rings. The molecule has 0 bridgehead atoms. The van der Waals surface area contributed by atoms with Crippen molar-refractivity contribution in [1.29, 1.82) is 0 Å². The van der Waals surface area contributed by atoms with Crippen LogP contribution in [0.2, 0.25) is 0 Å². The first-order chi connectivity index (χ1) is 7.33. The van der Waals surface area contributed by atoms with Crippen molar-refractivity contribution in [3.63, 3.8) is 0 Å². The smallest absolute Gasteiger partial charge is 0.00829 e. The lowest BCUT2D eigenvalue weighted by molar-refractivity contribution is 0.675. The molecular weight excluding hydrogens is 200 g/mol. The normalized spacial score (nSPS) is 15.3. The summed E-state index contributed by atoms with van der Waals surface area (Å²) in [5, 5.41) is 0. The Morgan fingerprint density at radius 3 is 2.73 bits per heavy atom. The fraction of sp³-hybridized carbons (Fsp3) is 0.714. The Bertz CT molecular complexity index is 322. The minimum Gasteiger partial charge on any atom is -0.145 e. The van der Waals surface area contributed by atoms with Crippen LogP contribution in [0.5, 0.6) is 0 Å². The SMILES string of the molecule is CCCCCc1c(C)sc2c1CCCC2. The Kier molecular flexibility index (Phi) is 3.85. The van der Waals surface area contributed by atoms with Crippen LogP contribution in [0.15, 0.2) is 0 Å². The molecule has 0 unspecified atom stereocenters. The van der Waals surface area contributed by atoms with E-state index in [1.54, 1.807) is 20.9 Å². The summed E-state index contributed by atoms with van der Waals surface area (Å²) >= 11 is 2.07. The number of aryl methyl sites for hydroxylation is 2. The highest BCUT2D eigenvalue weighted by Gasteiger charge is 2.17. The quantitative estimate of drug-likeness (QED) is 0.650. The maximum absolute atomic E-state index is 2.32. The van der Waals surface area contributed by atoms with Crippen LogP contribution in [0, 0.1) is 6.92 Å². The summed E-state index contributed by atoms with van der Waals surface area (Å²) in [7, 11) is 0. The van der Waals surface area contributed by atoms with Crippen molar-refractivity contribution in [2.45, 2.75) is 65.2 Å². The van der Waals surface area contributed by atoms with Crippen LogP contribution >= 0.6 is 11.3 Å². The third kappa shape index (κ3) is 2.44. The van der Waals surface area contributed by atoms with E-state index in [1.165, 1.54) is 51.4 Å². The van der Waals surface area contributed by atoms with Gasteiger partial charge < -0.3 is 0 Å². The summed E-state index contributed by atoms with van der Waals surface area (Å²) in [6, 6.07) is 0. The van der Waals surface area contributed by atoms with Crippen LogP contribution in [0.1, 0.15) is 59.9 Å². The molecule has 0 N–H and O–H groups in total. The molecule has 0 radical (unpaired) electrons. The van der Waals surface area contributed by atoms with E-state index in [0.29, 0.717) is 0 Å². The number of thiophene rings is 1. The highest BCUT2D eigenvalue weighted by atomic mass is 32.1. The van der Waals surface area contributed by atoms with E-state index >= 15 is 0 Å². The Morgan fingerprint density at radius 2 is 1.93 bits per heavy atom. The molecular formula is C14H22S. The van der Waals surface area contributed by atoms with Gasteiger partial charge in [-0.3, -0.25) is 0 Å². The molecule has 0 saturated carbocycles. The third-order valence-electron chi connectivity index (χ3n) is 3.51. The molecule has 0 aliphatic heterocycles. The van der Waals surface area contributed by atoms with Crippen molar-refractivity contribution in [1.82, 2.24) is 0 Å². The standard InChI is InChI=1S/C14H22S/c1-3-4-5-8-12-11(2)15-14-10-7-6-9-13(12)14/h3-10H2,1-2H3. The Hall–Kier alpha value is -0.300. The highest BCUT2D eigenvalue weighted by Crippen LogP contribution is 2.34. The van der Waals surface area contributed by atoms with Gasteiger partial charge in [-0.15, -0.1) is 11.3 Å². The van der Waals surface area contributed by atoms with Crippen molar-refractivity contribution in [2.75, 3.05) is 0 Å². The summed E-state index contributed by atoms with van der Waals surface area (Å²) in [6.45, 7) is 4.61. The van der Waals surface area contributed by atoms with Crippen LogP contribution in [-0.2, 0) is 19.3 Å². The maximum Gasteiger partial charge on any atom is 0.00829 e. The van der Waals surface area contributed by atoms with Crippen molar-refractivity contribution in [3.05, 3.63) is 20.9 Å². The van der Waals surface area contributed by atoms with Crippen molar-refractivity contribution < 1.29 is 0 Å². The lowest BCUT2D eigenvalue weighted by Crippen LogP contribution is -2.01. The second-order valence-corrected chi connectivity index (χ2v) is 6.01. The second-order valence-electron chi connectivity index (χ2n) is 4.70. The van der Waals surface area contributed by atoms with Crippen molar-refractivity contribution in [2.24, 2.45) is 0 Å². The Labute approximate surface area is 97.7 Å². The zero-order valence-corrected chi connectivity index (χ0v) is 10.9. The van der Waals surface area contributed by atoms with Gasteiger partial charge in [0.25, 0.3) is 0 Å². The average Bonchev–Trinajstić information content (AvgIpc) is 2.56. The van der Waals surface area contributed by atoms with Gasteiger partial charge in [0, 0.05) is 9.75 Å². The summed E-state index contributed by atoms with van der Waals surface area (Å²) < 4.78 is 0. The zero-order valence-electron chi connectivity index (χ0n) is 10.1. The third-order valence-corrected chi connectivity index (χ3v) is 4.76. The summed E-state index contributed by atoms with van der Waals surface area (Å²) in [5.41, 5.74) is 3.48. The summed E-state index contributed by atoms with van der Waals surface area (Å²) in [5.74, 6) is 0. The predicted octanol–water partition coefficient (Wildman–Crippen LogP) is 4.67. The lowest BCUT2D eigenvalue weighted by Gasteiger charge is -2.12. The van der Waals surface area contributed by atoms with Gasteiger partial charge >= 0.3 is 0 Å². The molecule has 0 atom stereocenters. The van der Waals surface area contributed by atoms with Crippen LogP contribution < -0.4 is 0 Å². The topological polar surface area (TPSA) is 0 Å². The van der Waals surface area contributed by atoms with E-state index < -0.39 is 0 Å². The lowest BCUT2D eigenvalue weighted by atomic mass is 9.92. The fourth-order valence-electron chi connectivity index (χ4n) is 2.65. The molecule has 2 rings (SSSR count). The van der Waals surface area contributed by atoms with Gasteiger partial charge in [0.1, 0.15) is 0 Å². The predicted molar refractivity (Wildman–Crippen MR) is 68.9 cm³/mol. The maximum atomic E-state index is 2.32. The first-order valence-corrected chi connectivity index (χ1v) is 7.24. The monoisotopic (exact) mass is 222 g/mol. The van der Waals surface area contributed by atoms with E-state index in [0.717, 1.165) is 0 Å². The number of hydrogen-bond acceptors (Lipinski definition) is 1. The number of rotatable bonds is 4. The van der Waals surface area contributed by atoms with E-state index in [-0.39, 0.29) is 0 Å². The van der Waals surface area contributed by atoms with E-state index in [9.17, 15) is 0 Å². The fourth-order valence-corrected chi connectivity index (χ4v) is 3.96. The molecule has 1 heterocycles. The van der Waals surface area contributed by atoms with E-state index in [2.05, 4.69) is 25.2 Å². The van der Waals surface area contributed by atoms with Crippen LogP contribution in [0.4, 0.5) is 0 Å². The summed E-state index contributed by atoms with van der Waals surface area (Å²) in [6.07, 6.45) is 11.0. The minimum atomic E-state index is 1.34. The van der Waals surface area contributed by atoms with E-state index in [1.807, 2.05) is 0 Å². The number of unbranched alkanes of at least 4 members (excludes halogenated alkanes) is 2. The first kappa shape index (κ1) is 11.2. The molecule has 0 amide bonds. The number of fused-ring (bicyclic) bond motifs is 1. The van der Waals surface area contributed by atoms with Gasteiger partial charge in [-0.1, -0.05) is 19.8 Å². The molecule has 84 valence electrons. The van der Waals surface area contributed by atoms with Crippen LogP contribution in [0.3, 0.4) is 0 Å². The molecule has 1 aromatic rings. The van der Waals surface area contributed by atoms with Gasteiger partial charge in [0.2, 0.25) is 0 Å². The zero-order chi connectivity index (χ0) is 10.7. The average molecular weight is 222 g/mol. The minimum absolute atomic E-state index is 1.34. The molecule has 1 aliphatic carbocycles. The number of hydrogen-bond donors (Lipinski definition) is 0. The van der Waals surface area contributed by atoms with Gasteiger partial charge in [-0.2, -0.15) is 0 Å². The van der Waals surface area contributed by atoms with Crippen LogP contribution in [-0.4, -0.2) is 0 Å². The van der Waals surface area contributed by atoms with Crippen molar-refractivity contribution in [3.8, 4) is 0 Å². The first-order valence-electron chi connectivity index (χ1n) is 6.43. The molecule has 0 spiro atoms. The molecule has 0 fully saturated rings. The molecule has 0 aromatic carbocycles. The highest BCUT2D eigenvalue weighted by molar-refractivity contribution is 7.12. The van der Waals surface area contributed by atoms with Gasteiger partial charge in [-0.25, -0.2) is 0 Å².